The second-order valence-electron chi connectivity index (χ2n) is 5.35. The third-order valence-corrected chi connectivity index (χ3v) is 2.90. The maximum atomic E-state index is 5.36. The van der Waals surface area contributed by atoms with E-state index in [2.05, 4.69) is 47.3 Å². The Kier molecular flexibility index (Phi) is 5.26. The van der Waals surface area contributed by atoms with Gasteiger partial charge in [-0.25, -0.2) is 0 Å². The molecule has 5 heteroatoms. The van der Waals surface area contributed by atoms with Crippen LogP contribution in [-0.2, 0) is 19.6 Å². The van der Waals surface area contributed by atoms with E-state index in [4.69, 9.17) is 4.52 Å². The van der Waals surface area contributed by atoms with Crippen LogP contribution in [0, 0.1) is 0 Å². The van der Waals surface area contributed by atoms with E-state index < -0.39 is 0 Å². The molecule has 0 fully saturated rings. The number of hydrogen-bond donors (Lipinski definition) is 1. The predicted octanol–water partition coefficient (Wildman–Crippen LogP) is 2.20. The molecule has 108 valence electrons. The van der Waals surface area contributed by atoms with Crippen LogP contribution in [0.5, 0.6) is 0 Å². The Labute approximate surface area is 120 Å². The topological polar surface area (TPSA) is 54.2 Å². The van der Waals surface area contributed by atoms with Crippen molar-refractivity contribution in [1.82, 2.24) is 20.4 Å². The Morgan fingerprint density at radius 2 is 2.20 bits per heavy atom. The fraction of sp³-hybridized carbons (Fsp3) is 0.467. The molecule has 5 nitrogen and oxygen atoms in total. The van der Waals surface area contributed by atoms with Gasteiger partial charge in [0.2, 0.25) is 0 Å². The summed E-state index contributed by atoms with van der Waals surface area (Å²) in [6.07, 6.45) is 3.67. The summed E-state index contributed by atoms with van der Waals surface area (Å²) >= 11 is 0. The molecule has 1 N–H and O–H groups in total. The van der Waals surface area contributed by atoms with Crippen LogP contribution in [0.3, 0.4) is 0 Å². The van der Waals surface area contributed by atoms with Crippen molar-refractivity contribution in [3.8, 4) is 0 Å². The minimum atomic E-state index is 0.448. The number of rotatable bonds is 7. The van der Waals surface area contributed by atoms with Gasteiger partial charge in [0.25, 0.3) is 0 Å². The van der Waals surface area contributed by atoms with E-state index in [1.54, 1.807) is 6.20 Å². The summed E-state index contributed by atoms with van der Waals surface area (Å²) in [4.78, 5) is 6.30. The van der Waals surface area contributed by atoms with E-state index in [1.807, 2.05) is 18.3 Å². The number of nitrogens with zero attached hydrogens (tertiary/aromatic N) is 3. The van der Waals surface area contributed by atoms with E-state index in [1.165, 1.54) is 5.56 Å². The first-order chi connectivity index (χ1) is 9.63. The van der Waals surface area contributed by atoms with Gasteiger partial charge in [0.15, 0.2) is 5.76 Å². The van der Waals surface area contributed by atoms with Crippen molar-refractivity contribution in [3.05, 3.63) is 47.6 Å². The van der Waals surface area contributed by atoms with Gasteiger partial charge in [0.1, 0.15) is 0 Å². The maximum Gasteiger partial charge on any atom is 0.151 e. The summed E-state index contributed by atoms with van der Waals surface area (Å²) in [7, 11) is 2.06. The molecule has 0 saturated carbocycles. The Hall–Kier alpha value is -1.72. The molecular weight excluding hydrogens is 252 g/mol. The quantitative estimate of drug-likeness (QED) is 0.839. The molecule has 2 rings (SSSR count). The second-order valence-corrected chi connectivity index (χ2v) is 5.35. The molecule has 0 spiro atoms. The zero-order valence-corrected chi connectivity index (χ0v) is 12.3. The van der Waals surface area contributed by atoms with E-state index in [0.717, 1.165) is 31.1 Å². The highest BCUT2D eigenvalue weighted by molar-refractivity contribution is 5.09. The summed E-state index contributed by atoms with van der Waals surface area (Å²) in [5.74, 6) is 0.886. The Bertz CT molecular complexity index is 510. The van der Waals surface area contributed by atoms with Crippen LogP contribution in [0.25, 0.3) is 0 Å². The molecule has 2 aromatic heterocycles. The van der Waals surface area contributed by atoms with Gasteiger partial charge >= 0.3 is 0 Å². The molecule has 0 atom stereocenters. The van der Waals surface area contributed by atoms with Crippen molar-refractivity contribution in [2.45, 2.75) is 39.5 Å². The normalized spacial score (nSPS) is 11.4. The molecular formula is C15H22N4O. The summed E-state index contributed by atoms with van der Waals surface area (Å²) in [6.45, 7) is 6.55. The third-order valence-electron chi connectivity index (χ3n) is 2.90. The van der Waals surface area contributed by atoms with E-state index >= 15 is 0 Å². The van der Waals surface area contributed by atoms with Gasteiger partial charge in [-0.3, -0.25) is 9.88 Å². The number of pyridine rings is 1. The van der Waals surface area contributed by atoms with Crippen LogP contribution in [0.4, 0.5) is 0 Å². The van der Waals surface area contributed by atoms with Crippen LogP contribution < -0.4 is 5.32 Å². The molecule has 2 aromatic rings. The van der Waals surface area contributed by atoms with Crippen molar-refractivity contribution in [1.29, 1.82) is 0 Å². The summed E-state index contributed by atoms with van der Waals surface area (Å²) in [5, 5.41) is 7.40. The van der Waals surface area contributed by atoms with Gasteiger partial charge < -0.3 is 9.84 Å². The molecule has 0 amide bonds. The number of hydrogen-bond acceptors (Lipinski definition) is 5. The zero-order chi connectivity index (χ0) is 14.4. The lowest BCUT2D eigenvalue weighted by atomic mass is 10.2. The highest BCUT2D eigenvalue weighted by atomic mass is 16.5. The zero-order valence-electron chi connectivity index (χ0n) is 12.3. The van der Waals surface area contributed by atoms with Crippen molar-refractivity contribution >= 4 is 0 Å². The van der Waals surface area contributed by atoms with Gasteiger partial charge in [0.05, 0.1) is 12.2 Å². The van der Waals surface area contributed by atoms with E-state index in [0.29, 0.717) is 6.04 Å². The minimum Gasteiger partial charge on any atom is -0.360 e. The largest absolute Gasteiger partial charge is 0.360 e. The smallest absolute Gasteiger partial charge is 0.151 e. The fourth-order valence-electron chi connectivity index (χ4n) is 1.95. The minimum absolute atomic E-state index is 0.448. The highest BCUT2D eigenvalue weighted by Crippen LogP contribution is 2.09. The van der Waals surface area contributed by atoms with E-state index in [-0.39, 0.29) is 0 Å². The SMILES string of the molecule is CC(C)NCc1cc(CN(C)Cc2cccnc2)on1. The van der Waals surface area contributed by atoms with Gasteiger partial charge in [-0.2, -0.15) is 0 Å². The lowest BCUT2D eigenvalue weighted by molar-refractivity contribution is 0.265. The molecule has 20 heavy (non-hydrogen) atoms. The van der Waals surface area contributed by atoms with Crippen molar-refractivity contribution in [2.75, 3.05) is 7.05 Å². The lowest BCUT2D eigenvalue weighted by Gasteiger charge is -2.14. The molecule has 0 radical (unpaired) electrons. The van der Waals surface area contributed by atoms with Crippen molar-refractivity contribution in [2.24, 2.45) is 0 Å². The first-order valence-electron chi connectivity index (χ1n) is 6.89. The van der Waals surface area contributed by atoms with E-state index in [9.17, 15) is 0 Å². The van der Waals surface area contributed by atoms with Crippen LogP contribution in [0.2, 0.25) is 0 Å². The molecule has 0 aliphatic rings. The second kappa shape index (κ2) is 7.17. The summed E-state index contributed by atoms with van der Waals surface area (Å²) in [5.41, 5.74) is 2.14. The molecule has 0 aliphatic carbocycles. The standard InChI is InChI=1S/C15H22N4O/c1-12(2)17-9-14-7-15(20-18-14)11-19(3)10-13-5-4-6-16-8-13/h4-8,12,17H,9-11H2,1-3H3. The maximum absolute atomic E-state index is 5.36. The summed E-state index contributed by atoms with van der Waals surface area (Å²) in [6, 6.07) is 6.48. The predicted molar refractivity (Wildman–Crippen MR) is 77.9 cm³/mol. The van der Waals surface area contributed by atoms with Crippen molar-refractivity contribution < 1.29 is 4.52 Å². The molecule has 0 unspecified atom stereocenters. The molecule has 0 saturated heterocycles. The monoisotopic (exact) mass is 274 g/mol. The Morgan fingerprint density at radius 1 is 1.35 bits per heavy atom. The third kappa shape index (κ3) is 4.75. The molecule has 0 bridgehead atoms. The number of aromatic nitrogens is 2. The Balaban J connectivity index is 1.83. The van der Waals surface area contributed by atoms with Crippen LogP contribution in [-0.4, -0.2) is 28.1 Å². The van der Waals surface area contributed by atoms with Gasteiger partial charge in [0, 0.05) is 37.6 Å². The first-order valence-corrected chi connectivity index (χ1v) is 6.89. The summed E-state index contributed by atoms with van der Waals surface area (Å²) < 4.78 is 5.36. The van der Waals surface area contributed by atoms with Gasteiger partial charge in [-0.1, -0.05) is 25.1 Å². The average molecular weight is 274 g/mol. The number of nitrogens with one attached hydrogen (secondary N) is 1. The van der Waals surface area contributed by atoms with Gasteiger partial charge in [-0.05, 0) is 18.7 Å². The van der Waals surface area contributed by atoms with Crippen LogP contribution in [0.1, 0.15) is 30.9 Å². The van der Waals surface area contributed by atoms with Gasteiger partial charge in [-0.15, -0.1) is 0 Å². The van der Waals surface area contributed by atoms with Crippen LogP contribution >= 0.6 is 0 Å². The molecule has 0 aromatic carbocycles. The highest BCUT2D eigenvalue weighted by Gasteiger charge is 2.08. The average Bonchev–Trinajstić information content (AvgIpc) is 2.85. The Morgan fingerprint density at radius 3 is 2.90 bits per heavy atom. The van der Waals surface area contributed by atoms with Crippen LogP contribution in [0.15, 0.2) is 35.1 Å². The first kappa shape index (κ1) is 14.7. The lowest BCUT2D eigenvalue weighted by Crippen LogP contribution is -2.21. The molecule has 0 aliphatic heterocycles. The fourth-order valence-corrected chi connectivity index (χ4v) is 1.95. The van der Waals surface area contributed by atoms with Crippen molar-refractivity contribution in [3.63, 3.8) is 0 Å². The molecule has 2 heterocycles.